The molecule has 0 unspecified atom stereocenters. The maximum absolute atomic E-state index is 12.4. The van der Waals surface area contributed by atoms with Gasteiger partial charge in [0.2, 0.25) is 0 Å². The number of fused-ring (bicyclic) bond motifs is 1. The van der Waals surface area contributed by atoms with Gasteiger partial charge in [-0.15, -0.1) is 0 Å². The largest absolute Gasteiger partial charge is 0.379 e. The first-order valence-corrected chi connectivity index (χ1v) is 6.78. The fourth-order valence-electron chi connectivity index (χ4n) is 2.32. The number of nitrogens with zero attached hydrogens (tertiary/aromatic N) is 4. The Morgan fingerprint density at radius 1 is 1.05 bits per heavy atom. The van der Waals surface area contributed by atoms with Crippen LogP contribution in [0.3, 0.4) is 0 Å². The highest BCUT2D eigenvalue weighted by Gasteiger charge is 2.13. The molecular weight excluding hydrogens is 282 g/mol. The van der Waals surface area contributed by atoms with Crippen molar-refractivity contribution in [1.29, 1.82) is 0 Å². The molecule has 0 aliphatic carbocycles. The van der Waals surface area contributed by atoms with Gasteiger partial charge in [-0.05, 0) is 18.2 Å². The van der Waals surface area contributed by atoms with Crippen molar-refractivity contribution in [2.75, 3.05) is 5.32 Å². The molecular formula is C15H15N5O2. The summed E-state index contributed by atoms with van der Waals surface area (Å²) in [5, 5.41) is 3.58. The van der Waals surface area contributed by atoms with E-state index < -0.39 is 5.69 Å². The van der Waals surface area contributed by atoms with E-state index >= 15 is 0 Å². The summed E-state index contributed by atoms with van der Waals surface area (Å²) in [7, 11) is 3.05. The van der Waals surface area contributed by atoms with Crippen molar-refractivity contribution in [1.82, 2.24) is 19.1 Å². The lowest BCUT2D eigenvalue weighted by Crippen LogP contribution is -2.37. The van der Waals surface area contributed by atoms with Crippen molar-refractivity contribution < 1.29 is 0 Å². The van der Waals surface area contributed by atoms with Gasteiger partial charge in [0.1, 0.15) is 5.39 Å². The van der Waals surface area contributed by atoms with E-state index in [2.05, 4.69) is 15.3 Å². The molecule has 0 fully saturated rings. The lowest BCUT2D eigenvalue weighted by atomic mass is 10.2. The molecule has 0 atom stereocenters. The average Bonchev–Trinajstić information content (AvgIpc) is 2.56. The zero-order valence-electron chi connectivity index (χ0n) is 12.3. The second kappa shape index (κ2) is 5.44. The Morgan fingerprint density at radius 3 is 2.59 bits per heavy atom. The summed E-state index contributed by atoms with van der Waals surface area (Å²) in [6.45, 7) is 0.478. The summed E-state index contributed by atoms with van der Waals surface area (Å²) < 4.78 is 2.44. The van der Waals surface area contributed by atoms with Crippen molar-refractivity contribution in [2.45, 2.75) is 6.54 Å². The van der Waals surface area contributed by atoms with Gasteiger partial charge >= 0.3 is 5.69 Å². The number of pyridine rings is 2. The first-order valence-electron chi connectivity index (χ1n) is 6.78. The fourth-order valence-corrected chi connectivity index (χ4v) is 2.32. The summed E-state index contributed by atoms with van der Waals surface area (Å²) in [5.41, 5.74) is 1.08. The smallest absolute Gasteiger partial charge is 0.332 e. The minimum absolute atomic E-state index is 0.360. The highest BCUT2D eigenvalue weighted by molar-refractivity contribution is 5.87. The Bertz CT molecular complexity index is 944. The lowest BCUT2D eigenvalue weighted by Gasteiger charge is -2.11. The van der Waals surface area contributed by atoms with Gasteiger partial charge in [-0.3, -0.25) is 18.9 Å². The molecule has 7 heteroatoms. The molecule has 0 spiro atoms. The second-order valence-corrected chi connectivity index (χ2v) is 4.94. The van der Waals surface area contributed by atoms with Crippen LogP contribution in [-0.4, -0.2) is 19.1 Å². The number of aryl methyl sites for hydroxylation is 1. The van der Waals surface area contributed by atoms with Crippen LogP contribution in [0.5, 0.6) is 0 Å². The lowest BCUT2D eigenvalue weighted by molar-refractivity contribution is 0.708. The minimum atomic E-state index is -0.396. The maximum Gasteiger partial charge on any atom is 0.332 e. The van der Waals surface area contributed by atoms with Crippen molar-refractivity contribution in [3.63, 3.8) is 0 Å². The van der Waals surface area contributed by atoms with E-state index in [1.807, 2.05) is 18.2 Å². The number of hydrogen-bond donors (Lipinski definition) is 1. The molecule has 0 radical (unpaired) electrons. The van der Waals surface area contributed by atoms with E-state index in [0.717, 1.165) is 10.3 Å². The van der Waals surface area contributed by atoms with E-state index in [0.29, 0.717) is 23.3 Å². The van der Waals surface area contributed by atoms with E-state index in [4.69, 9.17) is 0 Å². The number of anilines is 1. The summed E-state index contributed by atoms with van der Waals surface area (Å²) in [6, 6.07) is 7.36. The van der Waals surface area contributed by atoms with Crippen LogP contribution in [0.1, 0.15) is 5.69 Å². The van der Waals surface area contributed by atoms with E-state index in [9.17, 15) is 9.59 Å². The molecule has 3 rings (SSSR count). The van der Waals surface area contributed by atoms with Gasteiger partial charge in [0.05, 0.1) is 17.9 Å². The first kappa shape index (κ1) is 14.0. The molecule has 3 aromatic heterocycles. The van der Waals surface area contributed by atoms with Gasteiger partial charge in [-0.25, -0.2) is 9.78 Å². The van der Waals surface area contributed by atoms with Crippen LogP contribution in [-0.2, 0) is 20.6 Å². The fraction of sp³-hybridized carbons (Fsp3) is 0.200. The average molecular weight is 297 g/mol. The molecule has 0 bridgehead atoms. The third-order valence-electron chi connectivity index (χ3n) is 3.53. The minimum Gasteiger partial charge on any atom is -0.379 e. The van der Waals surface area contributed by atoms with Crippen LogP contribution in [0.2, 0.25) is 0 Å². The Labute approximate surface area is 125 Å². The molecule has 3 heterocycles. The SMILES string of the molecule is Cn1c(=O)c2c(NCc3ccccn3)ccnc2n(C)c1=O. The van der Waals surface area contributed by atoms with Gasteiger partial charge in [0, 0.05) is 26.5 Å². The van der Waals surface area contributed by atoms with Crippen LogP contribution in [0, 0.1) is 0 Å². The quantitative estimate of drug-likeness (QED) is 0.767. The summed E-state index contributed by atoms with van der Waals surface area (Å²) in [4.78, 5) is 32.7. The summed E-state index contributed by atoms with van der Waals surface area (Å²) in [5.74, 6) is 0. The van der Waals surface area contributed by atoms with Gasteiger partial charge in [-0.2, -0.15) is 0 Å². The molecule has 0 aliphatic heterocycles. The van der Waals surface area contributed by atoms with Crippen LogP contribution < -0.4 is 16.6 Å². The second-order valence-electron chi connectivity index (χ2n) is 4.94. The normalized spacial score (nSPS) is 10.8. The Balaban J connectivity index is 2.11. The van der Waals surface area contributed by atoms with Gasteiger partial charge in [0.25, 0.3) is 5.56 Å². The molecule has 3 aromatic rings. The third-order valence-corrected chi connectivity index (χ3v) is 3.53. The Hall–Kier alpha value is -2.96. The van der Waals surface area contributed by atoms with E-state index in [-0.39, 0.29) is 5.56 Å². The molecule has 7 nitrogen and oxygen atoms in total. The summed E-state index contributed by atoms with van der Waals surface area (Å²) in [6.07, 6.45) is 3.28. The van der Waals surface area contributed by atoms with Crippen LogP contribution in [0.4, 0.5) is 5.69 Å². The monoisotopic (exact) mass is 297 g/mol. The number of aromatic nitrogens is 4. The van der Waals surface area contributed by atoms with Crippen molar-refractivity contribution in [2.24, 2.45) is 14.1 Å². The maximum atomic E-state index is 12.4. The molecule has 1 N–H and O–H groups in total. The van der Waals surface area contributed by atoms with Crippen molar-refractivity contribution in [3.8, 4) is 0 Å². The summed E-state index contributed by atoms with van der Waals surface area (Å²) >= 11 is 0. The van der Waals surface area contributed by atoms with E-state index in [1.165, 1.54) is 11.6 Å². The third kappa shape index (κ3) is 2.26. The molecule has 0 saturated carbocycles. The molecule has 0 aromatic carbocycles. The number of rotatable bonds is 3. The first-order chi connectivity index (χ1) is 10.6. The topological polar surface area (TPSA) is 81.8 Å². The zero-order valence-corrected chi connectivity index (χ0v) is 12.3. The number of nitrogens with one attached hydrogen (secondary N) is 1. The molecule has 22 heavy (non-hydrogen) atoms. The van der Waals surface area contributed by atoms with Crippen LogP contribution in [0.25, 0.3) is 11.0 Å². The molecule has 0 amide bonds. The highest BCUT2D eigenvalue weighted by Crippen LogP contribution is 2.16. The van der Waals surface area contributed by atoms with Crippen LogP contribution in [0.15, 0.2) is 46.2 Å². The van der Waals surface area contributed by atoms with E-state index in [1.54, 1.807) is 25.5 Å². The van der Waals surface area contributed by atoms with Crippen molar-refractivity contribution >= 4 is 16.7 Å². The van der Waals surface area contributed by atoms with Gasteiger partial charge < -0.3 is 5.32 Å². The molecule has 0 saturated heterocycles. The van der Waals surface area contributed by atoms with Crippen LogP contribution >= 0.6 is 0 Å². The zero-order chi connectivity index (χ0) is 15.7. The number of hydrogen-bond acceptors (Lipinski definition) is 5. The Morgan fingerprint density at radius 2 is 1.86 bits per heavy atom. The predicted molar refractivity (Wildman–Crippen MR) is 83.8 cm³/mol. The Kier molecular flexibility index (Phi) is 3.46. The van der Waals surface area contributed by atoms with Gasteiger partial charge in [0.15, 0.2) is 5.65 Å². The predicted octanol–water partition coefficient (Wildman–Crippen LogP) is 0.639. The highest BCUT2D eigenvalue weighted by atomic mass is 16.2. The standard InChI is InChI=1S/C15H15N5O2/c1-19-13-12(14(21)20(2)15(19)22)11(6-8-17-13)18-9-10-5-3-4-7-16-10/h3-8H,9H2,1-2H3,(H,17,18). The van der Waals surface area contributed by atoms with Crippen molar-refractivity contribution in [3.05, 3.63) is 63.2 Å². The molecule has 0 aliphatic rings. The van der Waals surface area contributed by atoms with Gasteiger partial charge in [-0.1, -0.05) is 6.07 Å². The molecule has 112 valence electrons.